The number of halogens is 1. The summed E-state index contributed by atoms with van der Waals surface area (Å²) in [7, 11) is 0. The van der Waals surface area contributed by atoms with Crippen LogP contribution in [0.5, 0.6) is 0 Å². The minimum absolute atomic E-state index is 0.0247. The third-order valence-electron chi connectivity index (χ3n) is 4.63. The van der Waals surface area contributed by atoms with E-state index in [4.69, 9.17) is 5.73 Å². The molecule has 8 heteroatoms. The minimum Gasteiger partial charge on any atom is -0.382 e. The highest BCUT2D eigenvalue weighted by Crippen LogP contribution is 2.26. The van der Waals surface area contributed by atoms with Crippen molar-refractivity contribution >= 4 is 23.1 Å². The molecule has 0 aliphatic carbocycles. The summed E-state index contributed by atoms with van der Waals surface area (Å²) in [6, 6.07) is 6.59. The number of rotatable bonds is 4. The maximum Gasteiger partial charge on any atom is 0.227 e. The summed E-state index contributed by atoms with van der Waals surface area (Å²) in [4.78, 5) is 22.2. The van der Waals surface area contributed by atoms with Crippen molar-refractivity contribution in [3.8, 4) is 0 Å². The van der Waals surface area contributed by atoms with Gasteiger partial charge >= 0.3 is 0 Å². The van der Waals surface area contributed by atoms with Gasteiger partial charge in [-0.3, -0.25) is 9.80 Å². The van der Waals surface area contributed by atoms with E-state index in [0.29, 0.717) is 48.8 Å². The van der Waals surface area contributed by atoms with E-state index in [-0.39, 0.29) is 17.5 Å². The van der Waals surface area contributed by atoms with Crippen molar-refractivity contribution in [1.29, 1.82) is 0 Å². The van der Waals surface area contributed by atoms with Gasteiger partial charge in [0.25, 0.3) is 0 Å². The molecule has 0 atom stereocenters. The first-order valence-corrected chi connectivity index (χ1v) is 8.71. The highest BCUT2D eigenvalue weighted by atomic mass is 19.1. The Kier molecular flexibility index (Phi) is 4.31. The minimum atomic E-state index is -0.271. The molecule has 27 heavy (non-hydrogen) atoms. The van der Waals surface area contributed by atoms with Gasteiger partial charge in [0.05, 0.1) is 19.3 Å². The summed E-state index contributed by atoms with van der Waals surface area (Å²) in [5, 5.41) is 6.20. The van der Waals surface area contributed by atoms with E-state index in [0.717, 1.165) is 12.0 Å². The smallest absolute Gasteiger partial charge is 0.227 e. The van der Waals surface area contributed by atoms with Crippen molar-refractivity contribution in [1.82, 2.24) is 15.0 Å². The van der Waals surface area contributed by atoms with Crippen molar-refractivity contribution in [2.24, 2.45) is 5.10 Å². The van der Waals surface area contributed by atoms with Gasteiger partial charge in [-0.25, -0.2) is 14.4 Å². The van der Waals surface area contributed by atoms with Crippen LogP contribution in [0.15, 0.2) is 47.7 Å². The van der Waals surface area contributed by atoms with Crippen LogP contribution in [-0.2, 0) is 11.3 Å². The van der Waals surface area contributed by atoms with Crippen molar-refractivity contribution in [2.75, 3.05) is 23.7 Å². The summed E-state index contributed by atoms with van der Waals surface area (Å²) in [5.41, 5.74) is 8.40. The van der Waals surface area contributed by atoms with Gasteiger partial charge in [-0.1, -0.05) is 24.8 Å². The molecule has 0 bridgehead atoms. The lowest BCUT2D eigenvalue weighted by Gasteiger charge is -2.17. The van der Waals surface area contributed by atoms with Gasteiger partial charge in [-0.15, -0.1) is 0 Å². The Morgan fingerprint density at radius 2 is 2.11 bits per heavy atom. The van der Waals surface area contributed by atoms with Crippen molar-refractivity contribution < 1.29 is 9.18 Å². The number of nitrogen functional groups attached to an aromatic ring is 1. The molecule has 0 saturated carbocycles. The lowest BCUT2D eigenvalue weighted by atomic mass is 10.1. The van der Waals surface area contributed by atoms with Gasteiger partial charge in [0.1, 0.15) is 17.2 Å². The molecular weight excluding hydrogens is 347 g/mol. The Balaban J connectivity index is 1.57. The Morgan fingerprint density at radius 3 is 2.81 bits per heavy atom. The Morgan fingerprint density at radius 1 is 1.30 bits per heavy atom. The molecule has 1 aromatic carbocycles. The number of nitrogens with zero attached hydrogens (tertiary/aromatic N) is 5. The molecule has 138 valence electrons. The molecule has 1 aromatic heterocycles. The highest BCUT2D eigenvalue weighted by Gasteiger charge is 2.27. The van der Waals surface area contributed by atoms with Gasteiger partial charge in [0, 0.05) is 18.5 Å². The molecule has 2 N–H and O–H groups in total. The van der Waals surface area contributed by atoms with Gasteiger partial charge in [0.15, 0.2) is 11.6 Å². The number of aromatic nitrogens is 2. The SMILES string of the molecule is C=C1CN(Cc2ccccc2F)N=C1c1ncc(N2CCCC2=O)c(N)n1. The maximum absolute atomic E-state index is 13.9. The predicted octanol–water partition coefficient (Wildman–Crippen LogP) is 2.10. The first-order valence-electron chi connectivity index (χ1n) is 8.71. The van der Waals surface area contributed by atoms with Crippen LogP contribution in [0, 0.1) is 5.82 Å². The fraction of sp³-hybridized carbons (Fsp3) is 0.263. The summed E-state index contributed by atoms with van der Waals surface area (Å²) in [6.45, 7) is 5.42. The number of nitrogens with two attached hydrogens (primary N) is 1. The monoisotopic (exact) mass is 366 g/mol. The van der Waals surface area contributed by atoms with E-state index in [1.807, 2.05) is 0 Å². The molecule has 2 aromatic rings. The standard InChI is InChI=1S/C19H19FN6O/c1-12-10-25(11-13-5-2-3-6-14(13)20)24-17(12)19-22-9-15(18(21)23-19)26-8-4-7-16(26)27/h2-3,5-6,9H,1,4,7-8,10-11H2,(H2,21,22,23). The predicted molar refractivity (Wildman–Crippen MR) is 101 cm³/mol. The Hall–Kier alpha value is -3.29. The van der Waals surface area contributed by atoms with Crippen molar-refractivity contribution in [2.45, 2.75) is 19.4 Å². The van der Waals surface area contributed by atoms with Gasteiger partial charge in [-0.05, 0) is 18.1 Å². The van der Waals surface area contributed by atoms with E-state index in [2.05, 4.69) is 21.6 Å². The average molecular weight is 366 g/mol. The number of hydrogen-bond acceptors (Lipinski definition) is 6. The average Bonchev–Trinajstić information content (AvgIpc) is 3.22. The quantitative estimate of drug-likeness (QED) is 0.895. The van der Waals surface area contributed by atoms with E-state index < -0.39 is 0 Å². The summed E-state index contributed by atoms with van der Waals surface area (Å²) < 4.78 is 13.9. The summed E-state index contributed by atoms with van der Waals surface area (Å²) >= 11 is 0. The summed E-state index contributed by atoms with van der Waals surface area (Å²) in [6.07, 6.45) is 2.86. The van der Waals surface area contributed by atoms with Crippen LogP contribution in [0.2, 0.25) is 0 Å². The number of anilines is 2. The molecule has 7 nitrogen and oxygen atoms in total. The largest absolute Gasteiger partial charge is 0.382 e. The molecule has 1 saturated heterocycles. The number of amides is 1. The fourth-order valence-corrected chi connectivity index (χ4v) is 3.27. The van der Waals surface area contributed by atoms with Crippen molar-refractivity contribution in [3.05, 3.63) is 59.8 Å². The molecule has 0 radical (unpaired) electrons. The zero-order chi connectivity index (χ0) is 19.0. The molecule has 4 rings (SSSR count). The Bertz CT molecular complexity index is 957. The second-order valence-electron chi connectivity index (χ2n) is 6.58. The molecule has 0 unspecified atom stereocenters. The molecule has 2 aliphatic heterocycles. The van der Waals surface area contributed by atoms with Crippen LogP contribution < -0.4 is 10.6 Å². The second kappa shape index (κ2) is 6.79. The third kappa shape index (κ3) is 3.25. The lowest BCUT2D eigenvalue weighted by molar-refractivity contribution is -0.117. The van der Waals surface area contributed by atoms with E-state index in [1.165, 1.54) is 6.07 Å². The van der Waals surface area contributed by atoms with E-state index in [1.54, 1.807) is 34.3 Å². The lowest BCUT2D eigenvalue weighted by Crippen LogP contribution is -2.26. The zero-order valence-electron chi connectivity index (χ0n) is 14.7. The normalized spacial score (nSPS) is 17.0. The number of benzene rings is 1. The van der Waals surface area contributed by atoms with E-state index >= 15 is 0 Å². The van der Waals surface area contributed by atoms with Gasteiger partial charge in [-0.2, -0.15) is 5.10 Å². The van der Waals surface area contributed by atoms with Crippen LogP contribution >= 0.6 is 0 Å². The molecule has 3 heterocycles. The topological polar surface area (TPSA) is 87.7 Å². The third-order valence-corrected chi connectivity index (χ3v) is 4.63. The second-order valence-corrected chi connectivity index (χ2v) is 6.58. The number of hydrazone groups is 1. The van der Waals surface area contributed by atoms with Crippen molar-refractivity contribution in [3.63, 3.8) is 0 Å². The molecule has 1 amide bonds. The molecule has 2 aliphatic rings. The van der Waals surface area contributed by atoms with Gasteiger partial charge < -0.3 is 10.6 Å². The van der Waals surface area contributed by atoms with E-state index in [9.17, 15) is 9.18 Å². The fourth-order valence-electron chi connectivity index (χ4n) is 3.27. The Labute approximate surface area is 156 Å². The molecular formula is C19H19FN6O. The van der Waals surface area contributed by atoms with Crippen LogP contribution in [0.25, 0.3) is 0 Å². The number of carbonyl (C=O) groups is 1. The van der Waals surface area contributed by atoms with Crippen LogP contribution in [0.4, 0.5) is 15.9 Å². The van der Waals surface area contributed by atoms with Crippen LogP contribution in [0.1, 0.15) is 24.2 Å². The first-order chi connectivity index (χ1) is 13.0. The number of hydrogen-bond donors (Lipinski definition) is 1. The molecule has 0 spiro atoms. The first kappa shape index (κ1) is 17.1. The highest BCUT2D eigenvalue weighted by molar-refractivity contribution is 6.11. The van der Waals surface area contributed by atoms with Crippen LogP contribution in [0.3, 0.4) is 0 Å². The van der Waals surface area contributed by atoms with Crippen LogP contribution in [-0.4, -0.2) is 39.7 Å². The van der Waals surface area contributed by atoms with Gasteiger partial charge in [0.2, 0.25) is 5.91 Å². The zero-order valence-corrected chi connectivity index (χ0v) is 14.7. The number of carbonyl (C=O) groups excluding carboxylic acids is 1. The maximum atomic E-state index is 13.9. The summed E-state index contributed by atoms with van der Waals surface area (Å²) in [5.74, 6) is 0.339. The molecule has 1 fully saturated rings.